The second-order valence-electron chi connectivity index (χ2n) is 6.46. The Hall–Kier alpha value is -3.14. The highest BCUT2D eigenvalue weighted by molar-refractivity contribution is 5.95. The first-order chi connectivity index (χ1) is 13.7. The van der Waals surface area contributed by atoms with Crippen LogP contribution in [0.2, 0.25) is 0 Å². The summed E-state index contributed by atoms with van der Waals surface area (Å²) in [6.45, 7) is 0.850. The second kappa shape index (κ2) is 8.08. The number of rotatable bonds is 4. The lowest BCUT2D eigenvalue weighted by molar-refractivity contribution is -0.384. The first-order valence-electron chi connectivity index (χ1n) is 8.75. The molecule has 3 rings (SSSR count). The van der Waals surface area contributed by atoms with Crippen molar-refractivity contribution in [3.8, 4) is 0 Å². The van der Waals surface area contributed by atoms with Crippen LogP contribution in [0, 0.1) is 10.1 Å². The van der Waals surface area contributed by atoms with Gasteiger partial charge < -0.3 is 15.0 Å². The highest BCUT2D eigenvalue weighted by Gasteiger charge is 2.31. The third-order valence-corrected chi connectivity index (χ3v) is 4.68. The van der Waals surface area contributed by atoms with Crippen LogP contribution in [-0.2, 0) is 10.9 Å². The summed E-state index contributed by atoms with van der Waals surface area (Å²) in [5.41, 5.74) is 0.0548. The number of nitro groups is 1. The van der Waals surface area contributed by atoms with Crippen molar-refractivity contribution in [3.63, 3.8) is 0 Å². The molecular weight excluding hydrogens is 391 g/mol. The number of alkyl halides is 3. The van der Waals surface area contributed by atoms with Gasteiger partial charge in [0.05, 0.1) is 17.1 Å². The molecule has 154 valence electrons. The zero-order valence-electron chi connectivity index (χ0n) is 15.4. The Bertz CT molecular complexity index is 916. The van der Waals surface area contributed by atoms with Crippen LogP contribution in [0.1, 0.15) is 27.6 Å². The molecule has 0 bridgehead atoms. The predicted octanol–water partition coefficient (Wildman–Crippen LogP) is 3.55. The maximum Gasteiger partial charge on any atom is 0.416 e. The fourth-order valence-electron chi connectivity index (χ4n) is 3.18. The Labute approximate surface area is 164 Å². The van der Waals surface area contributed by atoms with Crippen LogP contribution in [-0.4, -0.2) is 37.6 Å². The Morgan fingerprint density at radius 2 is 1.93 bits per heavy atom. The quantitative estimate of drug-likeness (QED) is 0.617. The van der Waals surface area contributed by atoms with Gasteiger partial charge in [0.1, 0.15) is 11.8 Å². The second-order valence-corrected chi connectivity index (χ2v) is 6.46. The molecule has 0 aliphatic carbocycles. The Kier molecular flexibility index (Phi) is 5.73. The summed E-state index contributed by atoms with van der Waals surface area (Å²) < 4.78 is 43.9. The van der Waals surface area contributed by atoms with Gasteiger partial charge >= 0.3 is 6.18 Å². The van der Waals surface area contributed by atoms with Crippen molar-refractivity contribution in [1.82, 2.24) is 5.32 Å². The minimum absolute atomic E-state index is 0.162. The van der Waals surface area contributed by atoms with Crippen LogP contribution in [0.25, 0.3) is 0 Å². The molecule has 29 heavy (non-hydrogen) atoms. The smallest absolute Gasteiger partial charge is 0.370 e. The van der Waals surface area contributed by atoms with Crippen LogP contribution in [0.3, 0.4) is 0 Å². The molecule has 1 amide bonds. The maximum absolute atomic E-state index is 12.7. The van der Waals surface area contributed by atoms with E-state index in [1.807, 2.05) is 0 Å². The molecule has 1 aliphatic rings. The Morgan fingerprint density at radius 1 is 1.24 bits per heavy atom. The minimum Gasteiger partial charge on any atom is -0.370 e. The molecule has 1 atom stereocenters. The number of morpholine rings is 1. The molecule has 1 unspecified atom stereocenters. The summed E-state index contributed by atoms with van der Waals surface area (Å²) in [6.07, 6.45) is -4.96. The van der Waals surface area contributed by atoms with Crippen molar-refractivity contribution in [2.45, 2.75) is 12.3 Å². The van der Waals surface area contributed by atoms with Gasteiger partial charge in [-0.3, -0.25) is 14.9 Å². The fourth-order valence-corrected chi connectivity index (χ4v) is 3.18. The van der Waals surface area contributed by atoms with Crippen LogP contribution in [0.5, 0.6) is 0 Å². The van der Waals surface area contributed by atoms with Gasteiger partial charge in [-0.2, -0.15) is 13.2 Å². The largest absolute Gasteiger partial charge is 0.416 e. The van der Waals surface area contributed by atoms with Gasteiger partial charge in [-0.15, -0.1) is 0 Å². The normalized spacial score (nSPS) is 17.1. The van der Waals surface area contributed by atoms with Crippen LogP contribution < -0.4 is 10.2 Å². The monoisotopic (exact) mass is 409 g/mol. The van der Waals surface area contributed by atoms with Crippen molar-refractivity contribution < 1.29 is 27.6 Å². The number of hydrogen-bond donors (Lipinski definition) is 1. The zero-order chi connectivity index (χ0) is 21.2. The molecule has 7 nitrogen and oxygen atoms in total. The number of ether oxygens (including phenoxy) is 1. The third-order valence-electron chi connectivity index (χ3n) is 4.68. The number of hydrogen-bond acceptors (Lipinski definition) is 5. The number of nitro benzene ring substituents is 1. The molecule has 1 fully saturated rings. The van der Waals surface area contributed by atoms with Gasteiger partial charge in [-0.25, -0.2) is 0 Å². The van der Waals surface area contributed by atoms with Gasteiger partial charge in [0.2, 0.25) is 0 Å². The summed E-state index contributed by atoms with van der Waals surface area (Å²) in [6, 6.07) is 8.86. The van der Waals surface area contributed by atoms with E-state index in [4.69, 9.17) is 4.74 Å². The van der Waals surface area contributed by atoms with E-state index >= 15 is 0 Å². The number of carbonyl (C=O) groups is 1. The average molecular weight is 409 g/mol. The Balaban J connectivity index is 1.85. The number of nitrogens with zero attached hydrogens (tertiary/aromatic N) is 2. The van der Waals surface area contributed by atoms with E-state index in [0.717, 1.165) is 12.1 Å². The molecule has 1 saturated heterocycles. The maximum atomic E-state index is 12.7. The number of benzene rings is 2. The van der Waals surface area contributed by atoms with Gasteiger partial charge in [0.15, 0.2) is 0 Å². The van der Waals surface area contributed by atoms with Gasteiger partial charge in [-0.05, 0) is 29.8 Å². The lowest BCUT2D eigenvalue weighted by Crippen LogP contribution is -2.38. The molecule has 1 aliphatic heterocycles. The number of nitrogens with one attached hydrogen (secondary N) is 1. The molecule has 1 N–H and O–H groups in total. The van der Waals surface area contributed by atoms with Gasteiger partial charge in [0, 0.05) is 31.8 Å². The van der Waals surface area contributed by atoms with Crippen LogP contribution in [0.15, 0.2) is 42.5 Å². The van der Waals surface area contributed by atoms with Crippen molar-refractivity contribution in [1.29, 1.82) is 0 Å². The van der Waals surface area contributed by atoms with E-state index in [1.165, 1.54) is 37.4 Å². The molecule has 0 aromatic heterocycles. The number of halogens is 3. The molecule has 0 radical (unpaired) electrons. The van der Waals surface area contributed by atoms with Crippen molar-refractivity contribution in [2.75, 3.05) is 31.6 Å². The van der Waals surface area contributed by atoms with E-state index < -0.39 is 28.7 Å². The average Bonchev–Trinajstić information content (AvgIpc) is 2.72. The summed E-state index contributed by atoms with van der Waals surface area (Å²) in [5.74, 6) is -0.441. The molecule has 1 heterocycles. The Morgan fingerprint density at radius 3 is 2.52 bits per heavy atom. The van der Waals surface area contributed by atoms with E-state index in [2.05, 4.69) is 5.32 Å². The lowest BCUT2D eigenvalue weighted by atomic mass is 10.0. The standard InChI is InChI=1S/C19H18F3N3O4/c1-23-18(26)13-4-7-15(16(10-13)25(27)28)24-8-9-29-17(11-24)12-2-5-14(6-3-12)19(20,21)22/h2-7,10,17H,8-9,11H2,1H3,(H,23,26). The number of amides is 1. The first kappa shape index (κ1) is 20.6. The molecule has 2 aromatic rings. The molecular formula is C19H18F3N3O4. The molecule has 2 aromatic carbocycles. The fraction of sp³-hybridized carbons (Fsp3) is 0.316. The highest BCUT2D eigenvalue weighted by atomic mass is 19.4. The lowest BCUT2D eigenvalue weighted by Gasteiger charge is -2.34. The summed E-state index contributed by atoms with van der Waals surface area (Å²) in [5, 5.41) is 13.9. The summed E-state index contributed by atoms with van der Waals surface area (Å²) >= 11 is 0. The molecule has 10 heteroatoms. The van der Waals surface area contributed by atoms with E-state index in [9.17, 15) is 28.1 Å². The SMILES string of the molecule is CNC(=O)c1ccc(N2CCOC(c3ccc(C(F)(F)F)cc3)C2)c([N+](=O)[O-])c1. The minimum atomic E-state index is -4.43. The first-order valence-corrected chi connectivity index (χ1v) is 8.75. The predicted molar refractivity (Wildman–Crippen MR) is 98.8 cm³/mol. The summed E-state index contributed by atoms with van der Waals surface area (Å²) in [7, 11) is 1.43. The van der Waals surface area contributed by atoms with Crippen molar-refractivity contribution in [2.24, 2.45) is 0 Å². The van der Waals surface area contributed by atoms with Crippen LogP contribution in [0.4, 0.5) is 24.5 Å². The van der Waals surface area contributed by atoms with Crippen LogP contribution >= 0.6 is 0 Å². The number of anilines is 1. The molecule has 0 spiro atoms. The van der Waals surface area contributed by atoms with E-state index in [-0.39, 0.29) is 24.4 Å². The van der Waals surface area contributed by atoms with E-state index in [0.29, 0.717) is 17.8 Å². The molecule has 0 saturated carbocycles. The van der Waals surface area contributed by atoms with Gasteiger partial charge in [-0.1, -0.05) is 12.1 Å². The van der Waals surface area contributed by atoms with Crippen molar-refractivity contribution in [3.05, 3.63) is 69.3 Å². The zero-order valence-corrected chi connectivity index (χ0v) is 15.4. The highest BCUT2D eigenvalue weighted by Crippen LogP contribution is 2.34. The summed E-state index contributed by atoms with van der Waals surface area (Å²) in [4.78, 5) is 24.5. The number of carbonyl (C=O) groups excluding carboxylic acids is 1. The third kappa shape index (κ3) is 4.48. The van der Waals surface area contributed by atoms with Gasteiger partial charge in [0.25, 0.3) is 11.6 Å². The van der Waals surface area contributed by atoms with Crippen molar-refractivity contribution >= 4 is 17.3 Å². The van der Waals surface area contributed by atoms with E-state index in [1.54, 1.807) is 4.90 Å². The topological polar surface area (TPSA) is 84.7 Å².